The van der Waals surface area contributed by atoms with Gasteiger partial charge in [-0.2, -0.15) is 5.26 Å². The minimum absolute atomic E-state index is 0. The Morgan fingerprint density at radius 1 is 1.33 bits per heavy atom. The maximum absolute atomic E-state index is 10.3. The summed E-state index contributed by atoms with van der Waals surface area (Å²) < 4.78 is 20.6. The van der Waals surface area contributed by atoms with Gasteiger partial charge < -0.3 is 4.55 Å². The second kappa shape index (κ2) is 5.46. The molecule has 0 amide bonds. The number of rotatable bonds is 1. The van der Waals surface area contributed by atoms with Gasteiger partial charge in [0.2, 0.25) is 0 Å². The third-order valence-electron chi connectivity index (χ3n) is 1.18. The van der Waals surface area contributed by atoms with E-state index in [9.17, 15) is 8.76 Å². The van der Waals surface area contributed by atoms with Crippen molar-refractivity contribution >= 4 is 11.1 Å². The van der Waals surface area contributed by atoms with E-state index >= 15 is 0 Å². The molecule has 0 aliphatic heterocycles. The fraction of sp³-hybridized carbons (Fsp3) is 0. The van der Waals surface area contributed by atoms with Crippen molar-refractivity contribution in [2.75, 3.05) is 0 Å². The first-order chi connectivity index (χ1) is 5.24. The van der Waals surface area contributed by atoms with E-state index in [1.54, 1.807) is 0 Å². The zero-order valence-electron chi connectivity index (χ0n) is 6.48. The van der Waals surface area contributed by atoms with Crippen LogP contribution in [0.3, 0.4) is 0 Å². The quantitative estimate of drug-likeness (QED) is 0.372. The smallest absolute Gasteiger partial charge is 0.768 e. The fourth-order valence-electron chi connectivity index (χ4n) is 0.641. The Bertz CT molecular complexity index is 317. The molecule has 1 unspecified atom stereocenters. The van der Waals surface area contributed by atoms with Crippen LogP contribution >= 0.6 is 0 Å². The van der Waals surface area contributed by atoms with Crippen LogP contribution in [0.1, 0.15) is 5.56 Å². The summed E-state index contributed by atoms with van der Waals surface area (Å²) in [4.78, 5) is 0.198. The van der Waals surface area contributed by atoms with Crippen LogP contribution in [0.5, 0.6) is 0 Å². The molecule has 0 N–H and O–H groups in total. The van der Waals surface area contributed by atoms with Crippen molar-refractivity contribution in [3.05, 3.63) is 29.8 Å². The zero-order valence-corrected chi connectivity index (χ0v) is 9.30. The van der Waals surface area contributed by atoms with Crippen molar-refractivity contribution in [3.63, 3.8) is 0 Å². The van der Waals surface area contributed by atoms with Crippen LogP contribution in [-0.4, -0.2) is 8.76 Å². The first kappa shape index (κ1) is 11.8. The molecule has 12 heavy (non-hydrogen) atoms. The third-order valence-corrected chi connectivity index (χ3v) is 1.83. The van der Waals surface area contributed by atoms with Gasteiger partial charge in [0, 0.05) is 4.90 Å². The fourth-order valence-corrected chi connectivity index (χ4v) is 0.999. The number of hydrogen-bond acceptors (Lipinski definition) is 3. The second-order valence-corrected chi connectivity index (χ2v) is 2.81. The minimum Gasteiger partial charge on any atom is -0.768 e. The van der Waals surface area contributed by atoms with Gasteiger partial charge in [0.1, 0.15) is 0 Å². The standard InChI is InChI=1S/C7H5NO2S.Na/c8-5-6-1-3-7(4-2-6)11(9)10;/h1-4H,(H,9,10);/q;+1/p-1. The molecule has 1 rings (SSSR count). The molecule has 0 saturated heterocycles. The van der Waals surface area contributed by atoms with Crippen molar-refractivity contribution in [3.8, 4) is 6.07 Å². The maximum Gasteiger partial charge on any atom is 1.00 e. The first-order valence-electron chi connectivity index (χ1n) is 2.83. The molecule has 0 aromatic heterocycles. The summed E-state index contributed by atoms with van der Waals surface area (Å²) in [5.74, 6) is 0. The molecule has 0 heterocycles. The summed E-state index contributed by atoms with van der Waals surface area (Å²) in [5.41, 5.74) is 0.458. The summed E-state index contributed by atoms with van der Waals surface area (Å²) >= 11 is -2.20. The maximum atomic E-state index is 10.3. The SMILES string of the molecule is N#Cc1ccc(S(=O)[O-])cc1.[Na+]. The number of nitrogens with zero attached hydrogens (tertiary/aromatic N) is 1. The molecular weight excluding hydrogens is 185 g/mol. The van der Waals surface area contributed by atoms with Crippen molar-refractivity contribution in [1.29, 1.82) is 5.26 Å². The summed E-state index contributed by atoms with van der Waals surface area (Å²) in [7, 11) is 0. The van der Waals surface area contributed by atoms with Crippen LogP contribution in [0.25, 0.3) is 0 Å². The van der Waals surface area contributed by atoms with Gasteiger partial charge in [-0.15, -0.1) is 0 Å². The Morgan fingerprint density at radius 2 is 1.83 bits per heavy atom. The molecule has 0 radical (unpaired) electrons. The molecule has 0 fully saturated rings. The van der Waals surface area contributed by atoms with E-state index in [1.165, 1.54) is 24.3 Å². The number of nitriles is 1. The van der Waals surface area contributed by atoms with E-state index in [1.807, 2.05) is 6.07 Å². The van der Waals surface area contributed by atoms with E-state index in [2.05, 4.69) is 0 Å². The predicted molar refractivity (Wildman–Crippen MR) is 38.3 cm³/mol. The van der Waals surface area contributed by atoms with E-state index in [4.69, 9.17) is 5.26 Å². The van der Waals surface area contributed by atoms with Gasteiger partial charge in [-0.3, -0.25) is 4.21 Å². The molecule has 3 nitrogen and oxygen atoms in total. The summed E-state index contributed by atoms with van der Waals surface area (Å²) in [6, 6.07) is 7.60. The van der Waals surface area contributed by atoms with Crippen molar-refractivity contribution in [2.45, 2.75) is 4.90 Å². The molecule has 0 spiro atoms. The molecular formula is C7H4NNaO2S. The van der Waals surface area contributed by atoms with Crippen molar-refractivity contribution < 1.29 is 38.3 Å². The summed E-state index contributed by atoms with van der Waals surface area (Å²) in [6.45, 7) is 0. The van der Waals surface area contributed by atoms with Crippen LogP contribution in [0.4, 0.5) is 0 Å². The van der Waals surface area contributed by atoms with Crippen molar-refractivity contribution in [2.24, 2.45) is 0 Å². The van der Waals surface area contributed by atoms with Crippen LogP contribution in [-0.2, 0) is 11.1 Å². The molecule has 5 heteroatoms. The summed E-state index contributed by atoms with van der Waals surface area (Å²) in [6.07, 6.45) is 0. The Morgan fingerprint density at radius 3 is 2.17 bits per heavy atom. The minimum atomic E-state index is -2.20. The molecule has 0 aliphatic rings. The van der Waals surface area contributed by atoms with Crippen molar-refractivity contribution in [1.82, 2.24) is 0 Å². The molecule has 0 bridgehead atoms. The van der Waals surface area contributed by atoms with Gasteiger partial charge in [0.05, 0.1) is 11.6 Å². The van der Waals surface area contributed by atoms with Gasteiger partial charge in [0.25, 0.3) is 0 Å². The van der Waals surface area contributed by atoms with Crippen LogP contribution in [0.15, 0.2) is 29.2 Å². The summed E-state index contributed by atoms with van der Waals surface area (Å²) in [5, 5.41) is 8.36. The largest absolute Gasteiger partial charge is 1.00 e. The third kappa shape index (κ3) is 3.05. The molecule has 0 saturated carbocycles. The van der Waals surface area contributed by atoms with Crippen LogP contribution in [0, 0.1) is 11.3 Å². The van der Waals surface area contributed by atoms with E-state index < -0.39 is 11.1 Å². The molecule has 0 aliphatic carbocycles. The zero-order chi connectivity index (χ0) is 8.27. The Labute approximate surface area is 95.0 Å². The van der Waals surface area contributed by atoms with E-state index in [0.29, 0.717) is 5.56 Å². The molecule has 1 aromatic rings. The van der Waals surface area contributed by atoms with Gasteiger partial charge in [-0.05, 0) is 35.3 Å². The van der Waals surface area contributed by atoms with Gasteiger partial charge in [0.15, 0.2) is 0 Å². The van der Waals surface area contributed by atoms with Gasteiger partial charge in [-0.1, -0.05) is 0 Å². The van der Waals surface area contributed by atoms with Crippen LogP contribution in [0.2, 0.25) is 0 Å². The molecule has 56 valence electrons. The Hall–Kier alpha value is -0.180. The Balaban J connectivity index is 0.00000121. The first-order valence-corrected chi connectivity index (χ1v) is 3.91. The van der Waals surface area contributed by atoms with Crippen LogP contribution < -0.4 is 29.6 Å². The monoisotopic (exact) mass is 189 g/mol. The average Bonchev–Trinajstić information content (AvgIpc) is 2.05. The van der Waals surface area contributed by atoms with Gasteiger partial charge >= 0.3 is 29.6 Å². The molecule has 1 atom stereocenters. The van der Waals surface area contributed by atoms with E-state index in [-0.39, 0.29) is 34.5 Å². The average molecular weight is 189 g/mol. The van der Waals surface area contributed by atoms with Gasteiger partial charge in [-0.25, -0.2) is 0 Å². The van der Waals surface area contributed by atoms with E-state index in [0.717, 1.165) is 0 Å². The predicted octanol–water partition coefficient (Wildman–Crippen LogP) is -2.20. The topological polar surface area (TPSA) is 63.9 Å². The second-order valence-electron chi connectivity index (χ2n) is 1.87. The Kier molecular flexibility index (Phi) is 5.38. The normalized spacial score (nSPS) is 11.0. The molecule has 1 aromatic carbocycles. The number of benzene rings is 1. The number of hydrogen-bond donors (Lipinski definition) is 0.